The van der Waals surface area contributed by atoms with Crippen LogP contribution >= 0.6 is 0 Å². The maximum atomic E-state index is 4.85. The summed E-state index contributed by atoms with van der Waals surface area (Å²) in [6, 6.07) is 39.7. The molecule has 0 unspecified atom stereocenters. The molecular formula is C31H22N2. The predicted molar refractivity (Wildman–Crippen MR) is 135 cm³/mol. The smallest absolute Gasteiger partial charge is 0.145 e. The van der Waals surface area contributed by atoms with Crippen molar-refractivity contribution in [1.29, 1.82) is 0 Å². The standard InChI is InChI=1S/C31H22N2/c1-21-17-18-26-28(20-21)33-29-24(25-15-9-19-32-30(25)33)14-8-16-27(29)31(26,22-10-4-2-5-11-22)23-12-6-3-7-13-23/h2-20H,1H3. The fourth-order valence-corrected chi connectivity index (χ4v) is 5.88. The summed E-state index contributed by atoms with van der Waals surface area (Å²) in [5.41, 5.74) is 9.43. The minimum atomic E-state index is -0.421. The van der Waals surface area contributed by atoms with E-state index in [1.807, 2.05) is 12.3 Å². The van der Waals surface area contributed by atoms with Gasteiger partial charge in [-0.25, -0.2) is 4.98 Å². The summed E-state index contributed by atoms with van der Waals surface area (Å²) in [5.74, 6) is 0. The SMILES string of the molecule is Cc1ccc2c(c1)-n1c3ncccc3c3cccc(c31)C2(c1ccccc1)c1ccccc1. The molecule has 7 rings (SSSR count). The third-order valence-corrected chi connectivity index (χ3v) is 7.16. The lowest BCUT2D eigenvalue weighted by atomic mass is 9.63. The van der Waals surface area contributed by atoms with Crippen molar-refractivity contribution in [2.75, 3.05) is 0 Å². The zero-order valence-electron chi connectivity index (χ0n) is 18.4. The Morgan fingerprint density at radius 1 is 0.636 bits per heavy atom. The number of fused-ring (bicyclic) bond motifs is 5. The zero-order chi connectivity index (χ0) is 22.0. The van der Waals surface area contributed by atoms with E-state index < -0.39 is 5.41 Å². The Kier molecular flexibility index (Phi) is 3.72. The Balaban J connectivity index is 1.80. The van der Waals surface area contributed by atoms with E-state index in [1.54, 1.807) is 0 Å². The van der Waals surface area contributed by atoms with E-state index in [1.165, 1.54) is 49.8 Å². The van der Waals surface area contributed by atoms with Gasteiger partial charge < -0.3 is 0 Å². The second-order valence-corrected chi connectivity index (χ2v) is 8.91. The maximum absolute atomic E-state index is 4.85. The molecule has 0 spiro atoms. The Morgan fingerprint density at radius 2 is 1.33 bits per heavy atom. The highest BCUT2D eigenvalue weighted by Crippen LogP contribution is 2.53. The van der Waals surface area contributed by atoms with Gasteiger partial charge in [0.2, 0.25) is 0 Å². The largest absolute Gasteiger partial charge is 0.293 e. The topological polar surface area (TPSA) is 17.8 Å². The van der Waals surface area contributed by atoms with Gasteiger partial charge >= 0.3 is 0 Å². The maximum Gasteiger partial charge on any atom is 0.145 e. The molecule has 2 nitrogen and oxygen atoms in total. The first kappa shape index (κ1) is 18.4. The third kappa shape index (κ3) is 2.30. The Hall–Kier alpha value is -4.17. The molecule has 1 aliphatic rings. The van der Waals surface area contributed by atoms with E-state index >= 15 is 0 Å². The van der Waals surface area contributed by atoms with Crippen molar-refractivity contribution in [3.63, 3.8) is 0 Å². The first-order valence-electron chi connectivity index (χ1n) is 11.4. The molecule has 6 aromatic rings. The van der Waals surface area contributed by atoms with E-state index in [4.69, 9.17) is 4.98 Å². The lowest BCUT2D eigenvalue weighted by molar-refractivity contribution is 0.726. The van der Waals surface area contributed by atoms with Crippen LogP contribution in [0.1, 0.15) is 27.8 Å². The molecule has 0 atom stereocenters. The lowest BCUT2D eigenvalue weighted by Gasteiger charge is -2.41. The number of para-hydroxylation sites is 1. The number of benzene rings is 4. The summed E-state index contributed by atoms with van der Waals surface area (Å²) in [5, 5.41) is 2.44. The highest BCUT2D eigenvalue weighted by molar-refractivity contribution is 6.10. The van der Waals surface area contributed by atoms with Crippen LogP contribution < -0.4 is 0 Å². The quantitative estimate of drug-likeness (QED) is 0.288. The summed E-state index contributed by atoms with van der Waals surface area (Å²) in [4.78, 5) is 4.85. The van der Waals surface area contributed by atoms with Gasteiger partial charge in [-0.15, -0.1) is 0 Å². The average Bonchev–Trinajstić information content (AvgIpc) is 3.22. The van der Waals surface area contributed by atoms with Gasteiger partial charge in [-0.05, 0) is 52.9 Å². The van der Waals surface area contributed by atoms with Gasteiger partial charge in [-0.3, -0.25) is 4.57 Å². The molecule has 0 saturated heterocycles. The van der Waals surface area contributed by atoms with Crippen LogP contribution in [0.15, 0.2) is 115 Å². The van der Waals surface area contributed by atoms with Crippen LogP contribution in [-0.2, 0) is 5.41 Å². The molecule has 2 aromatic heterocycles. The average molecular weight is 423 g/mol. The Bertz CT molecular complexity index is 1620. The molecule has 0 fully saturated rings. The molecule has 4 aromatic carbocycles. The van der Waals surface area contributed by atoms with Crippen molar-refractivity contribution in [3.05, 3.63) is 143 Å². The van der Waals surface area contributed by atoms with Gasteiger partial charge in [0.15, 0.2) is 0 Å². The van der Waals surface area contributed by atoms with E-state index in [0.29, 0.717) is 0 Å². The van der Waals surface area contributed by atoms with Gasteiger partial charge in [0.1, 0.15) is 5.65 Å². The number of aromatic nitrogens is 2. The first-order valence-corrected chi connectivity index (χ1v) is 11.4. The van der Waals surface area contributed by atoms with E-state index in [-0.39, 0.29) is 0 Å². The third-order valence-electron chi connectivity index (χ3n) is 7.16. The van der Waals surface area contributed by atoms with Gasteiger partial charge in [0, 0.05) is 17.0 Å². The highest BCUT2D eigenvalue weighted by Gasteiger charge is 2.45. The van der Waals surface area contributed by atoms with Crippen LogP contribution in [0, 0.1) is 6.92 Å². The number of hydrogen-bond acceptors (Lipinski definition) is 1. The number of hydrogen-bond donors (Lipinski definition) is 0. The Labute approximate surface area is 192 Å². The van der Waals surface area contributed by atoms with Crippen molar-refractivity contribution < 1.29 is 0 Å². The minimum Gasteiger partial charge on any atom is -0.293 e. The summed E-state index contributed by atoms with van der Waals surface area (Å²) in [6.07, 6.45) is 1.90. The summed E-state index contributed by atoms with van der Waals surface area (Å²) in [6.45, 7) is 2.17. The molecular weight excluding hydrogens is 400 g/mol. The van der Waals surface area contributed by atoms with Crippen LogP contribution in [-0.4, -0.2) is 9.55 Å². The minimum absolute atomic E-state index is 0.421. The fourth-order valence-electron chi connectivity index (χ4n) is 5.88. The number of rotatable bonds is 2. The second kappa shape index (κ2) is 6.66. The zero-order valence-corrected chi connectivity index (χ0v) is 18.4. The Morgan fingerprint density at radius 3 is 2.06 bits per heavy atom. The molecule has 0 aliphatic carbocycles. The predicted octanol–water partition coefficient (Wildman–Crippen LogP) is 7.18. The van der Waals surface area contributed by atoms with Crippen molar-refractivity contribution in [2.45, 2.75) is 12.3 Å². The summed E-state index contributed by atoms with van der Waals surface area (Å²) >= 11 is 0. The highest BCUT2D eigenvalue weighted by atomic mass is 15.1. The van der Waals surface area contributed by atoms with Crippen LogP contribution in [0.4, 0.5) is 0 Å². The van der Waals surface area contributed by atoms with Crippen LogP contribution in [0.25, 0.3) is 27.6 Å². The molecule has 0 amide bonds. The van der Waals surface area contributed by atoms with Gasteiger partial charge in [-0.1, -0.05) is 91.0 Å². The monoisotopic (exact) mass is 422 g/mol. The normalized spacial score (nSPS) is 13.8. The summed E-state index contributed by atoms with van der Waals surface area (Å²) in [7, 11) is 0. The molecule has 0 N–H and O–H groups in total. The van der Waals surface area contributed by atoms with Crippen molar-refractivity contribution in [1.82, 2.24) is 9.55 Å². The number of pyridine rings is 1. The lowest BCUT2D eigenvalue weighted by Crippen LogP contribution is -2.35. The van der Waals surface area contributed by atoms with Crippen LogP contribution in [0.5, 0.6) is 0 Å². The molecule has 0 radical (unpaired) electrons. The van der Waals surface area contributed by atoms with Crippen molar-refractivity contribution >= 4 is 21.9 Å². The molecule has 1 aliphatic heterocycles. The van der Waals surface area contributed by atoms with Gasteiger partial charge in [0.25, 0.3) is 0 Å². The van der Waals surface area contributed by atoms with Crippen LogP contribution in [0.3, 0.4) is 0 Å². The molecule has 0 saturated carbocycles. The molecule has 156 valence electrons. The van der Waals surface area contributed by atoms with E-state index in [0.717, 1.165) is 5.65 Å². The molecule has 3 heterocycles. The van der Waals surface area contributed by atoms with Gasteiger partial charge in [0.05, 0.1) is 16.6 Å². The molecule has 2 heteroatoms. The van der Waals surface area contributed by atoms with Crippen LogP contribution in [0.2, 0.25) is 0 Å². The number of nitrogens with zero attached hydrogens (tertiary/aromatic N) is 2. The molecule has 33 heavy (non-hydrogen) atoms. The second-order valence-electron chi connectivity index (χ2n) is 8.91. The van der Waals surface area contributed by atoms with E-state index in [2.05, 4.69) is 115 Å². The van der Waals surface area contributed by atoms with Crippen molar-refractivity contribution in [2.24, 2.45) is 0 Å². The van der Waals surface area contributed by atoms with Gasteiger partial charge in [-0.2, -0.15) is 0 Å². The molecule has 0 bridgehead atoms. The summed E-state index contributed by atoms with van der Waals surface area (Å²) < 4.78 is 2.38. The number of aryl methyl sites for hydroxylation is 1. The van der Waals surface area contributed by atoms with Crippen molar-refractivity contribution in [3.8, 4) is 5.69 Å². The first-order chi connectivity index (χ1) is 16.3. The van der Waals surface area contributed by atoms with E-state index in [9.17, 15) is 0 Å². The fraction of sp³-hybridized carbons (Fsp3) is 0.0645.